The van der Waals surface area contributed by atoms with Crippen LogP contribution in [0.15, 0.2) is 47.9 Å². The smallest absolute Gasteiger partial charge is 0.247 e. The third-order valence-electron chi connectivity index (χ3n) is 4.15. The Balaban J connectivity index is 1.80. The van der Waals surface area contributed by atoms with E-state index in [9.17, 15) is 13.2 Å². The Morgan fingerprint density at radius 3 is 2.72 bits per heavy atom. The fraction of sp³-hybridized carbons (Fsp3) is 0.278. The Bertz CT molecular complexity index is 875. The van der Waals surface area contributed by atoms with Gasteiger partial charge >= 0.3 is 0 Å². The van der Waals surface area contributed by atoms with Crippen molar-refractivity contribution in [2.24, 2.45) is 0 Å². The highest BCUT2D eigenvalue weighted by Crippen LogP contribution is 2.23. The number of hydrogen-bond donors (Lipinski definition) is 0. The highest BCUT2D eigenvalue weighted by atomic mass is 35.5. The molecule has 0 bridgehead atoms. The zero-order valence-corrected chi connectivity index (χ0v) is 15.9. The fourth-order valence-electron chi connectivity index (χ4n) is 2.85. The Morgan fingerprint density at radius 2 is 2.08 bits per heavy atom. The summed E-state index contributed by atoms with van der Waals surface area (Å²) in [5.74, 6) is -0.0279. The second-order valence-electron chi connectivity index (χ2n) is 5.96. The van der Waals surface area contributed by atoms with Crippen molar-refractivity contribution >= 4 is 44.8 Å². The van der Waals surface area contributed by atoms with Gasteiger partial charge in [-0.15, -0.1) is 11.3 Å². The van der Waals surface area contributed by atoms with Gasteiger partial charge in [-0.1, -0.05) is 35.9 Å². The van der Waals surface area contributed by atoms with Gasteiger partial charge in [0.25, 0.3) is 0 Å². The number of nitrogens with zero attached hydrogens (tertiary/aromatic N) is 1. The lowest BCUT2D eigenvalue weighted by atomic mass is 10.2. The number of carbonyl (C=O) groups excluding carboxylic acids is 1. The average molecular weight is 396 g/mol. The summed E-state index contributed by atoms with van der Waals surface area (Å²) in [4.78, 5) is 15.4. The predicted molar refractivity (Wildman–Crippen MR) is 102 cm³/mol. The molecular weight excluding hydrogens is 378 g/mol. The zero-order chi connectivity index (χ0) is 17.9. The number of hydrogen-bond acceptors (Lipinski definition) is 4. The van der Waals surface area contributed by atoms with Crippen LogP contribution in [0.25, 0.3) is 6.08 Å². The van der Waals surface area contributed by atoms with E-state index in [1.165, 1.54) is 6.08 Å². The second kappa shape index (κ2) is 7.72. The van der Waals surface area contributed by atoms with E-state index in [0.717, 1.165) is 10.4 Å². The monoisotopic (exact) mass is 395 g/mol. The van der Waals surface area contributed by atoms with Crippen molar-refractivity contribution in [3.8, 4) is 0 Å². The molecule has 0 radical (unpaired) electrons. The molecule has 0 unspecified atom stereocenters. The molecule has 4 nitrogen and oxygen atoms in total. The van der Waals surface area contributed by atoms with Crippen LogP contribution in [0.5, 0.6) is 0 Å². The van der Waals surface area contributed by atoms with Crippen LogP contribution >= 0.6 is 22.9 Å². The van der Waals surface area contributed by atoms with E-state index >= 15 is 0 Å². The summed E-state index contributed by atoms with van der Waals surface area (Å²) in [5.41, 5.74) is 0.757. The number of carbonyl (C=O) groups is 1. The van der Waals surface area contributed by atoms with E-state index in [1.807, 2.05) is 35.7 Å². The fourth-order valence-corrected chi connectivity index (χ4v) is 5.48. The molecule has 0 spiro atoms. The van der Waals surface area contributed by atoms with Crippen LogP contribution in [-0.4, -0.2) is 36.8 Å². The summed E-state index contributed by atoms with van der Waals surface area (Å²) < 4.78 is 23.6. The van der Waals surface area contributed by atoms with Gasteiger partial charge in [0.05, 0.1) is 18.1 Å². The van der Waals surface area contributed by atoms with Crippen molar-refractivity contribution in [2.45, 2.75) is 19.0 Å². The van der Waals surface area contributed by atoms with Crippen molar-refractivity contribution in [3.63, 3.8) is 0 Å². The van der Waals surface area contributed by atoms with E-state index < -0.39 is 9.84 Å². The molecule has 1 aliphatic heterocycles. The van der Waals surface area contributed by atoms with Crippen molar-refractivity contribution in [1.82, 2.24) is 4.90 Å². The zero-order valence-electron chi connectivity index (χ0n) is 13.5. The van der Waals surface area contributed by atoms with Crippen LogP contribution in [0.2, 0.25) is 5.02 Å². The number of halogens is 1. The Labute approximate surface area is 156 Å². The quantitative estimate of drug-likeness (QED) is 0.726. The summed E-state index contributed by atoms with van der Waals surface area (Å²) in [6.45, 7) is 0.420. The normalized spacial score (nSPS) is 19.3. The van der Waals surface area contributed by atoms with E-state index in [2.05, 4.69) is 0 Å². The first kappa shape index (κ1) is 18.2. The topological polar surface area (TPSA) is 54.5 Å². The predicted octanol–water partition coefficient (Wildman–Crippen LogP) is 3.63. The lowest BCUT2D eigenvalue weighted by molar-refractivity contribution is -0.128. The standard InChI is InChI=1S/C18H18ClNO3S2/c19-17-6-2-1-4-14(17)7-8-18(21)20(12-16-5-3-10-24-16)15-9-11-25(22,23)13-15/h1-8,10,15H,9,11-13H2/b8-7+/t15-/m0/s1. The minimum atomic E-state index is -3.06. The Morgan fingerprint density at radius 1 is 1.28 bits per heavy atom. The largest absolute Gasteiger partial charge is 0.330 e. The molecule has 0 saturated carbocycles. The van der Waals surface area contributed by atoms with Gasteiger partial charge in [-0.3, -0.25) is 4.79 Å². The van der Waals surface area contributed by atoms with Gasteiger partial charge in [0, 0.05) is 22.0 Å². The van der Waals surface area contributed by atoms with Crippen molar-refractivity contribution in [1.29, 1.82) is 0 Å². The van der Waals surface area contributed by atoms with Gasteiger partial charge < -0.3 is 4.90 Å². The Hall–Kier alpha value is -1.63. The maximum atomic E-state index is 12.8. The second-order valence-corrected chi connectivity index (χ2v) is 9.63. The van der Waals surface area contributed by atoms with Crippen molar-refractivity contribution in [3.05, 3.63) is 63.3 Å². The molecule has 25 heavy (non-hydrogen) atoms. The third kappa shape index (κ3) is 4.71. The van der Waals surface area contributed by atoms with Gasteiger partial charge in [-0.05, 0) is 35.6 Å². The summed E-state index contributed by atoms with van der Waals surface area (Å²) >= 11 is 7.67. The van der Waals surface area contributed by atoms with Gasteiger partial charge in [-0.25, -0.2) is 8.42 Å². The molecule has 1 aromatic heterocycles. The first-order valence-electron chi connectivity index (χ1n) is 7.91. The average Bonchev–Trinajstić information content (AvgIpc) is 3.20. The SMILES string of the molecule is O=C(/C=C/c1ccccc1Cl)N(Cc1cccs1)[C@H]1CCS(=O)(=O)C1. The third-order valence-corrected chi connectivity index (χ3v) is 7.10. The van der Waals surface area contributed by atoms with Gasteiger partial charge in [0.1, 0.15) is 0 Å². The molecule has 1 aliphatic rings. The van der Waals surface area contributed by atoms with E-state index in [1.54, 1.807) is 28.4 Å². The number of thiophene rings is 1. The molecule has 0 aliphatic carbocycles. The molecule has 0 N–H and O–H groups in total. The summed E-state index contributed by atoms with van der Waals surface area (Å²) in [6.07, 6.45) is 3.63. The maximum Gasteiger partial charge on any atom is 0.247 e. The minimum Gasteiger partial charge on any atom is -0.330 e. The molecule has 7 heteroatoms. The molecule has 132 valence electrons. The summed E-state index contributed by atoms with van der Waals surface area (Å²) in [5, 5.41) is 2.52. The molecule has 3 rings (SSSR count). The molecule has 1 atom stereocenters. The van der Waals surface area contributed by atoms with Crippen LogP contribution in [-0.2, 0) is 21.2 Å². The summed E-state index contributed by atoms with van der Waals surface area (Å²) in [6, 6.07) is 10.9. The van der Waals surface area contributed by atoms with E-state index in [4.69, 9.17) is 11.6 Å². The summed E-state index contributed by atoms with van der Waals surface area (Å²) in [7, 11) is -3.06. The Kier molecular flexibility index (Phi) is 5.61. The minimum absolute atomic E-state index is 0.0318. The van der Waals surface area contributed by atoms with Crippen LogP contribution in [0.1, 0.15) is 16.9 Å². The van der Waals surface area contributed by atoms with Crippen molar-refractivity contribution in [2.75, 3.05) is 11.5 Å². The van der Waals surface area contributed by atoms with E-state index in [-0.39, 0.29) is 23.5 Å². The lowest BCUT2D eigenvalue weighted by Gasteiger charge is -2.26. The molecule has 1 aromatic carbocycles. The van der Waals surface area contributed by atoms with Gasteiger partial charge in [0.15, 0.2) is 9.84 Å². The van der Waals surface area contributed by atoms with Crippen LogP contribution < -0.4 is 0 Å². The van der Waals surface area contributed by atoms with Crippen LogP contribution in [0, 0.1) is 0 Å². The highest BCUT2D eigenvalue weighted by Gasteiger charge is 2.34. The molecule has 1 saturated heterocycles. The molecule has 2 aromatic rings. The maximum absolute atomic E-state index is 12.8. The van der Waals surface area contributed by atoms with Crippen LogP contribution in [0.4, 0.5) is 0 Å². The van der Waals surface area contributed by atoms with Crippen molar-refractivity contribution < 1.29 is 13.2 Å². The number of sulfone groups is 1. The number of amides is 1. The highest BCUT2D eigenvalue weighted by molar-refractivity contribution is 7.91. The molecule has 1 amide bonds. The van der Waals surface area contributed by atoms with Crippen LogP contribution in [0.3, 0.4) is 0 Å². The first-order chi connectivity index (χ1) is 11.9. The molecular formula is C18H18ClNO3S2. The lowest BCUT2D eigenvalue weighted by Crippen LogP contribution is -2.39. The molecule has 2 heterocycles. The first-order valence-corrected chi connectivity index (χ1v) is 11.0. The van der Waals surface area contributed by atoms with E-state index in [0.29, 0.717) is 18.0 Å². The van der Waals surface area contributed by atoms with Gasteiger partial charge in [-0.2, -0.15) is 0 Å². The van der Waals surface area contributed by atoms with Gasteiger partial charge in [0.2, 0.25) is 5.91 Å². The number of rotatable bonds is 5. The number of benzene rings is 1. The molecule has 1 fully saturated rings.